The number of tetrazole rings is 1. The molecule has 0 spiro atoms. The van der Waals surface area contributed by atoms with Gasteiger partial charge in [-0.25, -0.2) is 4.68 Å². The number of H-pyrrole nitrogens is 1. The normalized spacial score (nSPS) is 14.0. The maximum Gasteiger partial charge on any atom is 0.272 e. The van der Waals surface area contributed by atoms with E-state index in [1.807, 2.05) is 12.1 Å². The Morgan fingerprint density at radius 2 is 1.79 bits per heavy atom. The molecule has 2 aromatic heterocycles. The Kier molecular flexibility index (Phi) is 6.54. The minimum atomic E-state index is -0.246. The van der Waals surface area contributed by atoms with Crippen molar-refractivity contribution in [1.82, 2.24) is 35.7 Å². The number of nitrogens with zero attached hydrogens (tertiary/aromatic N) is 5. The van der Waals surface area contributed by atoms with Gasteiger partial charge >= 0.3 is 0 Å². The van der Waals surface area contributed by atoms with Gasteiger partial charge in [-0.15, -0.1) is 10.2 Å². The van der Waals surface area contributed by atoms with Gasteiger partial charge in [0.25, 0.3) is 5.91 Å². The predicted molar refractivity (Wildman–Crippen MR) is 131 cm³/mol. The molecule has 174 valence electrons. The van der Waals surface area contributed by atoms with E-state index in [9.17, 15) is 4.79 Å². The number of aromatic nitrogens is 6. The van der Waals surface area contributed by atoms with E-state index in [1.54, 1.807) is 35.0 Å². The van der Waals surface area contributed by atoms with Crippen LogP contribution in [0.25, 0.3) is 16.9 Å². The Labute approximate surface area is 210 Å². The lowest BCUT2D eigenvalue weighted by atomic mass is 10.0. The van der Waals surface area contributed by atoms with Crippen LogP contribution >= 0.6 is 34.8 Å². The van der Waals surface area contributed by atoms with Crippen LogP contribution in [-0.2, 0) is 6.42 Å². The second-order valence-corrected chi connectivity index (χ2v) is 9.43. The van der Waals surface area contributed by atoms with E-state index in [2.05, 4.69) is 25.9 Å². The third-order valence-corrected chi connectivity index (χ3v) is 6.66. The highest BCUT2D eigenvalue weighted by Crippen LogP contribution is 2.34. The second kappa shape index (κ2) is 9.74. The Morgan fingerprint density at radius 1 is 1.06 bits per heavy atom. The molecule has 1 saturated carbocycles. The zero-order chi connectivity index (χ0) is 23.7. The number of carbonyl (C=O) groups excluding carboxylic acids is 1. The molecule has 5 rings (SSSR count). The van der Waals surface area contributed by atoms with Crippen molar-refractivity contribution in [2.75, 3.05) is 0 Å². The van der Waals surface area contributed by atoms with Gasteiger partial charge in [-0.3, -0.25) is 4.79 Å². The lowest BCUT2D eigenvalue weighted by Gasteiger charge is -2.12. The molecule has 1 aliphatic carbocycles. The quantitative estimate of drug-likeness (QED) is 0.363. The summed E-state index contributed by atoms with van der Waals surface area (Å²) in [6.45, 7) is 0. The number of aromatic amines is 1. The molecule has 8 nitrogen and oxygen atoms in total. The van der Waals surface area contributed by atoms with Crippen LogP contribution in [0.1, 0.15) is 47.6 Å². The van der Waals surface area contributed by atoms with Crippen molar-refractivity contribution >= 4 is 40.7 Å². The zero-order valence-corrected chi connectivity index (χ0v) is 20.2. The van der Waals surface area contributed by atoms with Crippen molar-refractivity contribution in [1.29, 1.82) is 0 Å². The van der Waals surface area contributed by atoms with Gasteiger partial charge in [0.15, 0.2) is 11.5 Å². The SMILES string of the molecule is O=C(NC1CCCC1)c1nn(-c2ccc(Cl)cc2Cl)c(-c2ccc(Cl)cc2)c1Cc1nn[nH]n1. The Morgan fingerprint density at radius 3 is 2.47 bits per heavy atom. The van der Waals surface area contributed by atoms with Gasteiger partial charge in [-0.1, -0.05) is 65.0 Å². The van der Waals surface area contributed by atoms with Crippen LogP contribution in [0, 0.1) is 0 Å². The van der Waals surface area contributed by atoms with Gasteiger partial charge in [-0.05, 0) is 43.2 Å². The van der Waals surface area contributed by atoms with Crippen LogP contribution in [0.4, 0.5) is 0 Å². The zero-order valence-electron chi connectivity index (χ0n) is 17.9. The van der Waals surface area contributed by atoms with E-state index in [-0.39, 0.29) is 24.1 Å². The largest absolute Gasteiger partial charge is 0.348 e. The number of hydrogen-bond donors (Lipinski definition) is 2. The highest BCUT2D eigenvalue weighted by atomic mass is 35.5. The lowest BCUT2D eigenvalue weighted by Crippen LogP contribution is -2.33. The Balaban J connectivity index is 1.71. The third kappa shape index (κ3) is 4.66. The summed E-state index contributed by atoms with van der Waals surface area (Å²) in [6.07, 6.45) is 4.36. The van der Waals surface area contributed by atoms with Crippen LogP contribution in [0.3, 0.4) is 0 Å². The van der Waals surface area contributed by atoms with Crippen LogP contribution in [0.5, 0.6) is 0 Å². The number of rotatable bonds is 6. The molecule has 0 bridgehead atoms. The van der Waals surface area contributed by atoms with Crippen molar-refractivity contribution < 1.29 is 4.79 Å². The fourth-order valence-electron chi connectivity index (χ4n) is 4.27. The minimum Gasteiger partial charge on any atom is -0.348 e. The fourth-order valence-corrected chi connectivity index (χ4v) is 4.89. The van der Waals surface area contributed by atoms with Gasteiger partial charge in [0, 0.05) is 33.6 Å². The van der Waals surface area contributed by atoms with E-state index in [1.165, 1.54) is 0 Å². The van der Waals surface area contributed by atoms with Gasteiger partial charge in [-0.2, -0.15) is 10.3 Å². The molecule has 0 unspecified atom stereocenters. The number of halogens is 3. The Hall–Kier alpha value is -2.94. The van der Waals surface area contributed by atoms with Crippen LogP contribution in [0.15, 0.2) is 42.5 Å². The Bertz CT molecular complexity index is 1310. The first-order valence-electron chi connectivity index (χ1n) is 10.9. The molecule has 11 heteroatoms. The molecular weight excluding hydrogens is 497 g/mol. The highest BCUT2D eigenvalue weighted by molar-refractivity contribution is 6.35. The minimum absolute atomic E-state index is 0.133. The summed E-state index contributed by atoms with van der Waals surface area (Å²) in [5, 5.41) is 23.7. The summed E-state index contributed by atoms with van der Waals surface area (Å²) in [5.74, 6) is 0.191. The third-order valence-electron chi connectivity index (χ3n) is 5.87. The molecule has 0 radical (unpaired) electrons. The average molecular weight is 517 g/mol. The molecule has 34 heavy (non-hydrogen) atoms. The van der Waals surface area contributed by atoms with Crippen LogP contribution in [-0.4, -0.2) is 42.4 Å². The molecule has 1 amide bonds. The van der Waals surface area contributed by atoms with Crippen molar-refractivity contribution in [3.8, 4) is 16.9 Å². The van der Waals surface area contributed by atoms with E-state index in [4.69, 9.17) is 39.9 Å². The first-order valence-corrected chi connectivity index (χ1v) is 12.0. The van der Waals surface area contributed by atoms with Crippen LogP contribution < -0.4 is 5.32 Å². The molecule has 0 saturated heterocycles. The predicted octanol–water partition coefficient (Wildman–Crippen LogP) is 5.28. The molecule has 2 N–H and O–H groups in total. The van der Waals surface area contributed by atoms with Crippen molar-refractivity contribution in [3.05, 3.63) is 74.6 Å². The number of hydrogen-bond acceptors (Lipinski definition) is 5. The van der Waals surface area contributed by atoms with Gasteiger partial charge in [0.05, 0.1) is 16.4 Å². The molecular formula is C23H20Cl3N7O. The van der Waals surface area contributed by atoms with E-state index in [0.717, 1.165) is 31.2 Å². The van der Waals surface area contributed by atoms with Gasteiger partial charge in [0.2, 0.25) is 0 Å². The summed E-state index contributed by atoms with van der Waals surface area (Å²) < 4.78 is 1.67. The van der Waals surface area contributed by atoms with E-state index in [0.29, 0.717) is 37.8 Å². The molecule has 1 fully saturated rings. The molecule has 2 heterocycles. The van der Waals surface area contributed by atoms with Gasteiger partial charge < -0.3 is 5.32 Å². The van der Waals surface area contributed by atoms with Gasteiger partial charge in [0.1, 0.15) is 0 Å². The summed E-state index contributed by atoms with van der Waals surface area (Å²) >= 11 is 18.8. The summed E-state index contributed by atoms with van der Waals surface area (Å²) in [6, 6.07) is 12.6. The number of benzene rings is 2. The van der Waals surface area contributed by atoms with E-state index >= 15 is 0 Å². The molecule has 1 aliphatic rings. The first kappa shape index (κ1) is 22.8. The van der Waals surface area contributed by atoms with Crippen molar-refractivity contribution in [2.45, 2.75) is 38.1 Å². The lowest BCUT2D eigenvalue weighted by molar-refractivity contribution is 0.0931. The van der Waals surface area contributed by atoms with Crippen LogP contribution in [0.2, 0.25) is 15.1 Å². The number of carbonyl (C=O) groups is 1. The topological polar surface area (TPSA) is 101 Å². The maximum atomic E-state index is 13.4. The highest BCUT2D eigenvalue weighted by Gasteiger charge is 2.28. The molecule has 4 aromatic rings. The maximum absolute atomic E-state index is 13.4. The van der Waals surface area contributed by atoms with E-state index < -0.39 is 0 Å². The average Bonchev–Trinajstić information content (AvgIpc) is 3.57. The van der Waals surface area contributed by atoms with Crippen molar-refractivity contribution in [3.63, 3.8) is 0 Å². The molecule has 0 aliphatic heterocycles. The standard InChI is InChI=1S/C23H20Cl3N7O/c24-14-7-5-13(6-8-14)22-17(12-20-28-31-32-29-20)21(23(34)27-16-3-1-2-4-16)30-33(22)19-10-9-15(25)11-18(19)26/h5-11,16H,1-4,12H2,(H,27,34)(H,28,29,31,32). The molecule has 0 atom stereocenters. The first-order chi connectivity index (χ1) is 16.5. The summed E-state index contributed by atoms with van der Waals surface area (Å²) in [5.41, 5.74) is 3.02. The summed E-state index contributed by atoms with van der Waals surface area (Å²) in [4.78, 5) is 13.4. The fraction of sp³-hybridized carbons (Fsp3) is 0.261. The number of nitrogens with one attached hydrogen (secondary N) is 2. The van der Waals surface area contributed by atoms with Crippen molar-refractivity contribution in [2.24, 2.45) is 0 Å². The number of amides is 1. The monoisotopic (exact) mass is 515 g/mol. The molecule has 2 aromatic carbocycles. The smallest absolute Gasteiger partial charge is 0.272 e. The summed E-state index contributed by atoms with van der Waals surface area (Å²) in [7, 11) is 0. The second-order valence-electron chi connectivity index (χ2n) is 8.15.